The molecule has 4 heteroatoms. The Morgan fingerprint density at radius 2 is 2.21 bits per heavy atom. The average Bonchev–Trinajstić information content (AvgIpc) is 2.83. The van der Waals surface area contributed by atoms with E-state index in [2.05, 4.69) is 19.2 Å². The summed E-state index contributed by atoms with van der Waals surface area (Å²) in [5.41, 5.74) is 0.0269. The minimum Gasteiger partial charge on any atom is -0.389 e. The largest absolute Gasteiger partial charge is 0.389 e. The first-order valence-corrected chi connectivity index (χ1v) is 7.71. The van der Waals surface area contributed by atoms with Gasteiger partial charge in [0.05, 0.1) is 25.4 Å². The first-order valence-electron chi connectivity index (χ1n) is 7.71. The number of rotatable bonds is 6. The number of hydrogen-bond donors (Lipinski definition) is 2. The van der Waals surface area contributed by atoms with Crippen molar-refractivity contribution in [2.75, 3.05) is 26.4 Å². The van der Waals surface area contributed by atoms with E-state index in [4.69, 9.17) is 9.47 Å². The second-order valence-electron chi connectivity index (χ2n) is 6.53. The Balaban J connectivity index is 1.62. The van der Waals surface area contributed by atoms with E-state index in [0.717, 1.165) is 26.1 Å². The van der Waals surface area contributed by atoms with Crippen LogP contribution in [-0.4, -0.2) is 49.2 Å². The molecule has 4 unspecified atom stereocenters. The molecule has 0 radical (unpaired) electrons. The van der Waals surface area contributed by atoms with Crippen molar-refractivity contribution in [3.63, 3.8) is 0 Å². The monoisotopic (exact) mass is 271 g/mol. The topological polar surface area (TPSA) is 50.7 Å². The summed E-state index contributed by atoms with van der Waals surface area (Å²) in [6, 6.07) is 0. The summed E-state index contributed by atoms with van der Waals surface area (Å²) in [6.07, 6.45) is 5.92. The molecule has 0 aromatic heterocycles. The summed E-state index contributed by atoms with van der Waals surface area (Å²) in [5, 5.41) is 13.4. The van der Waals surface area contributed by atoms with Crippen molar-refractivity contribution in [3.8, 4) is 0 Å². The van der Waals surface area contributed by atoms with E-state index in [-0.39, 0.29) is 5.54 Å². The highest BCUT2D eigenvalue weighted by Gasteiger charge is 2.29. The normalized spacial score (nSPS) is 37.4. The highest BCUT2D eigenvalue weighted by atomic mass is 16.5. The molecule has 1 aliphatic heterocycles. The first kappa shape index (κ1) is 15.2. The Hall–Kier alpha value is -0.160. The quantitative estimate of drug-likeness (QED) is 0.772. The smallest absolute Gasteiger partial charge is 0.0898 e. The molecule has 0 aromatic rings. The maximum Gasteiger partial charge on any atom is 0.0898 e. The molecule has 1 saturated carbocycles. The van der Waals surface area contributed by atoms with Gasteiger partial charge in [-0.2, -0.15) is 0 Å². The molecule has 2 N–H and O–H groups in total. The minimum atomic E-state index is -0.424. The molecule has 1 saturated heterocycles. The third-order valence-electron chi connectivity index (χ3n) is 4.52. The van der Waals surface area contributed by atoms with Gasteiger partial charge in [0.25, 0.3) is 0 Å². The van der Waals surface area contributed by atoms with Crippen molar-refractivity contribution in [1.29, 1.82) is 0 Å². The Labute approximate surface area is 116 Å². The molecule has 2 fully saturated rings. The molecular weight excluding hydrogens is 242 g/mol. The van der Waals surface area contributed by atoms with Gasteiger partial charge in [-0.1, -0.05) is 19.8 Å². The SMILES string of the molecule is CC1CCCCC1OCC(O)CNC1(C)CCOC1. The predicted octanol–water partition coefficient (Wildman–Crippen LogP) is 1.71. The molecule has 4 atom stereocenters. The first-order chi connectivity index (χ1) is 9.09. The lowest BCUT2D eigenvalue weighted by Crippen LogP contribution is -2.47. The van der Waals surface area contributed by atoms with E-state index in [1.54, 1.807) is 0 Å². The Kier molecular flexibility index (Phi) is 5.63. The standard InChI is InChI=1S/C15H29NO3/c1-12-5-3-4-6-14(12)19-10-13(17)9-16-15(2)7-8-18-11-15/h12-14,16-17H,3-11H2,1-2H3. The number of hydrogen-bond acceptors (Lipinski definition) is 4. The molecule has 4 nitrogen and oxygen atoms in total. The lowest BCUT2D eigenvalue weighted by molar-refractivity contribution is -0.0465. The van der Waals surface area contributed by atoms with Gasteiger partial charge in [0.1, 0.15) is 0 Å². The third kappa shape index (κ3) is 4.71. The van der Waals surface area contributed by atoms with Gasteiger partial charge in [0.15, 0.2) is 0 Å². The van der Waals surface area contributed by atoms with Crippen LogP contribution >= 0.6 is 0 Å². The van der Waals surface area contributed by atoms with Gasteiger partial charge < -0.3 is 19.9 Å². The predicted molar refractivity (Wildman–Crippen MR) is 75.2 cm³/mol. The van der Waals surface area contributed by atoms with Crippen molar-refractivity contribution < 1.29 is 14.6 Å². The fourth-order valence-corrected chi connectivity index (χ4v) is 2.99. The molecule has 0 spiro atoms. The van der Waals surface area contributed by atoms with E-state index in [1.807, 2.05) is 0 Å². The summed E-state index contributed by atoms with van der Waals surface area (Å²) in [5.74, 6) is 0.634. The van der Waals surface area contributed by atoms with E-state index in [9.17, 15) is 5.11 Å². The molecule has 1 heterocycles. The van der Waals surface area contributed by atoms with Gasteiger partial charge in [-0.3, -0.25) is 0 Å². The van der Waals surface area contributed by atoms with Gasteiger partial charge in [-0.15, -0.1) is 0 Å². The zero-order valence-electron chi connectivity index (χ0n) is 12.4. The number of β-amino-alcohol motifs (C(OH)–C–C–N with tert-alkyl or cyclic N) is 1. The zero-order valence-corrected chi connectivity index (χ0v) is 12.4. The Morgan fingerprint density at radius 3 is 2.89 bits per heavy atom. The Morgan fingerprint density at radius 1 is 1.42 bits per heavy atom. The lowest BCUT2D eigenvalue weighted by Gasteiger charge is -2.30. The number of nitrogens with one attached hydrogen (secondary N) is 1. The molecular formula is C15H29NO3. The van der Waals surface area contributed by atoms with Crippen LogP contribution in [0.25, 0.3) is 0 Å². The summed E-state index contributed by atoms with van der Waals surface area (Å²) in [4.78, 5) is 0. The summed E-state index contributed by atoms with van der Waals surface area (Å²) >= 11 is 0. The van der Waals surface area contributed by atoms with Crippen LogP contribution in [0.3, 0.4) is 0 Å². The summed E-state index contributed by atoms with van der Waals surface area (Å²) in [6.45, 7) is 6.98. The highest BCUT2D eigenvalue weighted by Crippen LogP contribution is 2.26. The van der Waals surface area contributed by atoms with Crippen molar-refractivity contribution in [2.45, 2.75) is 63.7 Å². The van der Waals surface area contributed by atoms with Crippen molar-refractivity contribution in [3.05, 3.63) is 0 Å². The number of aliphatic hydroxyl groups is 1. The fraction of sp³-hybridized carbons (Fsp3) is 1.00. The molecule has 2 aliphatic rings. The lowest BCUT2D eigenvalue weighted by atomic mass is 9.88. The van der Waals surface area contributed by atoms with E-state index < -0.39 is 6.10 Å². The van der Waals surface area contributed by atoms with Crippen LogP contribution in [0.4, 0.5) is 0 Å². The second-order valence-corrected chi connectivity index (χ2v) is 6.53. The maximum atomic E-state index is 10.0. The second kappa shape index (κ2) is 7.02. The number of ether oxygens (including phenoxy) is 2. The Bertz CT molecular complexity index is 266. The highest BCUT2D eigenvalue weighted by molar-refractivity contribution is 4.87. The van der Waals surface area contributed by atoms with Crippen LogP contribution in [-0.2, 0) is 9.47 Å². The zero-order chi connectivity index (χ0) is 13.7. The van der Waals surface area contributed by atoms with E-state index >= 15 is 0 Å². The number of aliphatic hydroxyl groups excluding tert-OH is 1. The summed E-state index contributed by atoms with van der Waals surface area (Å²) < 4.78 is 11.3. The van der Waals surface area contributed by atoms with Crippen LogP contribution in [0.15, 0.2) is 0 Å². The van der Waals surface area contributed by atoms with Gasteiger partial charge in [0.2, 0.25) is 0 Å². The third-order valence-corrected chi connectivity index (χ3v) is 4.52. The molecule has 112 valence electrons. The van der Waals surface area contributed by atoms with Gasteiger partial charge in [-0.25, -0.2) is 0 Å². The molecule has 19 heavy (non-hydrogen) atoms. The molecule has 1 aliphatic carbocycles. The van der Waals surface area contributed by atoms with Gasteiger partial charge in [0, 0.05) is 18.7 Å². The maximum absolute atomic E-state index is 10.0. The van der Waals surface area contributed by atoms with Crippen LogP contribution in [0, 0.1) is 5.92 Å². The van der Waals surface area contributed by atoms with Crippen molar-refractivity contribution in [1.82, 2.24) is 5.32 Å². The fourth-order valence-electron chi connectivity index (χ4n) is 2.99. The molecule has 0 bridgehead atoms. The van der Waals surface area contributed by atoms with Crippen molar-refractivity contribution in [2.24, 2.45) is 5.92 Å². The van der Waals surface area contributed by atoms with Crippen LogP contribution in [0.5, 0.6) is 0 Å². The van der Waals surface area contributed by atoms with Crippen LogP contribution in [0.1, 0.15) is 46.0 Å². The van der Waals surface area contributed by atoms with Crippen LogP contribution in [0.2, 0.25) is 0 Å². The van der Waals surface area contributed by atoms with E-state index in [1.165, 1.54) is 19.3 Å². The minimum absolute atomic E-state index is 0.0269. The summed E-state index contributed by atoms with van der Waals surface area (Å²) in [7, 11) is 0. The van der Waals surface area contributed by atoms with Gasteiger partial charge >= 0.3 is 0 Å². The molecule has 0 aromatic carbocycles. The van der Waals surface area contributed by atoms with Gasteiger partial charge in [-0.05, 0) is 32.1 Å². The molecule has 2 rings (SSSR count). The molecule has 0 amide bonds. The van der Waals surface area contributed by atoms with Crippen molar-refractivity contribution >= 4 is 0 Å². The average molecular weight is 271 g/mol. The van der Waals surface area contributed by atoms with E-state index in [0.29, 0.717) is 25.2 Å². The van der Waals surface area contributed by atoms with Crippen LogP contribution < -0.4 is 5.32 Å².